The zero-order chi connectivity index (χ0) is 19.6. The van der Waals surface area contributed by atoms with Crippen molar-refractivity contribution in [3.63, 3.8) is 0 Å². The van der Waals surface area contributed by atoms with E-state index < -0.39 is 0 Å². The largest absolute Gasteiger partial charge is 0.497 e. The second kappa shape index (κ2) is 11.1. The number of carbonyl (C=O) groups excluding carboxylic acids is 1. The predicted octanol–water partition coefficient (Wildman–Crippen LogP) is 2.72. The van der Waals surface area contributed by atoms with Crippen LogP contribution in [0.5, 0.6) is 5.75 Å². The average Bonchev–Trinajstić information content (AvgIpc) is 2.67. The van der Waals surface area contributed by atoms with Crippen molar-refractivity contribution in [3.05, 3.63) is 29.8 Å². The molecule has 1 unspecified atom stereocenters. The van der Waals surface area contributed by atoms with Gasteiger partial charge in [0.2, 0.25) is 0 Å². The Labute approximate surface area is 164 Å². The highest BCUT2D eigenvalue weighted by Crippen LogP contribution is 2.20. The van der Waals surface area contributed by atoms with Crippen molar-refractivity contribution in [3.8, 4) is 5.75 Å². The lowest BCUT2D eigenvalue weighted by atomic mass is 9.99. The summed E-state index contributed by atoms with van der Waals surface area (Å²) in [5.74, 6) is 1.70. The Balaban J connectivity index is 1.67. The van der Waals surface area contributed by atoms with Crippen LogP contribution in [0.25, 0.3) is 0 Å². The number of likely N-dealkylation sites (N-methyl/N-ethyl adjacent to an activating group) is 1. The van der Waals surface area contributed by atoms with Gasteiger partial charge in [-0.3, -0.25) is 0 Å². The maximum Gasteiger partial charge on any atom is 0.314 e. The Morgan fingerprint density at radius 1 is 1.22 bits per heavy atom. The van der Waals surface area contributed by atoms with Gasteiger partial charge in [-0.25, -0.2) is 4.79 Å². The molecule has 1 aromatic rings. The summed E-state index contributed by atoms with van der Waals surface area (Å²) in [4.78, 5) is 16.7. The molecule has 6 nitrogen and oxygen atoms in total. The summed E-state index contributed by atoms with van der Waals surface area (Å²) in [6.07, 6.45) is 3.59. The molecule has 152 valence electrons. The first-order chi connectivity index (χ1) is 13.0. The van der Waals surface area contributed by atoms with E-state index in [-0.39, 0.29) is 12.1 Å². The van der Waals surface area contributed by atoms with Crippen LogP contribution >= 0.6 is 0 Å². The number of nitrogens with zero attached hydrogens (tertiary/aromatic N) is 2. The van der Waals surface area contributed by atoms with Gasteiger partial charge in [-0.15, -0.1) is 0 Å². The number of nitrogens with one attached hydrogen (secondary N) is 2. The molecule has 27 heavy (non-hydrogen) atoms. The summed E-state index contributed by atoms with van der Waals surface area (Å²) in [6.45, 7) is 7.07. The third-order valence-corrected chi connectivity index (χ3v) is 5.39. The second-order valence-corrected chi connectivity index (χ2v) is 7.77. The number of likely N-dealkylation sites (tertiary alicyclic amines) is 1. The summed E-state index contributed by atoms with van der Waals surface area (Å²) in [6, 6.07) is 8.02. The molecule has 2 rings (SSSR count). The van der Waals surface area contributed by atoms with Gasteiger partial charge in [0.25, 0.3) is 0 Å². The van der Waals surface area contributed by atoms with Gasteiger partial charge in [0, 0.05) is 13.1 Å². The van der Waals surface area contributed by atoms with Gasteiger partial charge in [-0.1, -0.05) is 19.1 Å². The molecule has 1 aliphatic rings. The summed E-state index contributed by atoms with van der Waals surface area (Å²) in [5.41, 5.74) is 1.15. The molecule has 0 aliphatic carbocycles. The van der Waals surface area contributed by atoms with E-state index in [1.165, 1.54) is 25.9 Å². The van der Waals surface area contributed by atoms with Gasteiger partial charge in [-0.2, -0.15) is 0 Å². The van der Waals surface area contributed by atoms with Gasteiger partial charge in [0.15, 0.2) is 0 Å². The number of amides is 2. The number of rotatable bonds is 9. The smallest absolute Gasteiger partial charge is 0.314 e. The molecule has 0 aromatic heterocycles. The summed E-state index contributed by atoms with van der Waals surface area (Å²) in [5, 5.41) is 5.98. The monoisotopic (exact) mass is 376 g/mol. The molecule has 1 aromatic carbocycles. The summed E-state index contributed by atoms with van der Waals surface area (Å²) in [7, 11) is 5.71. The lowest BCUT2D eigenvalue weighted by Crippen LogP contribution is -2.41. The lowest BCUT2D eigenvalue weighted by molar-refractivity contribution is 0.190. The predicted molar refractivity (Wildman–Crippen MR) is 110 cm³/mol. The molecule has 1 saturated heterocycles. The zero-order valence-electron chi connectivity index (χ0n) is 17.3. The minimum absolute atomic E-state index is 0.0948. The average molecular weight is 377 g/mol. The molecule has 0 radical (unpaired) electrons. The zero-order valence-corrected chi connectivity index (χ0v) is 17.3. The lowest BCUT2D eigenvalue weighted by Gasteiger charge is -2.30. The molecule has 2 amide bonds. The van der Waals surface area contributed by atoms with Gasteiger partial charge in [-0.05, 0) is 76.6 Å². The van der Waals surface area contributed by atoms with Crippen LogP contribution in [0.2, 0.25) is 0 Å². The number of hydrogen-bond acceptors (Lipinski definition) is 4. The first-order valence-electron chi connectivity index (χ1n) is 10.0. The van der Waals surface area contributed by atoms with E-state index in [0.29, 0.717) is 13.1 Å². The first-order valence-corrected chi connectivity index (χ1v) is 10.0. The maximum atomic E-state index is 12.1. The Kier molecular flexibility index (Phi) is 8.88. The Morgan fingerprint density at radius 2 is 1.89 bits per heavy atom. The highest BCUT2D eigenvalue weighted by atomic mass is 16.5. The van der Waals surface area contributed by atoms with Crippen LogP contribution in [0.15, 0.2) is 24.3 Å². The number of ether oxygens (including phenoxy) is 1. The van der Waals surface area contributed by atoms with Crippen LogP contribution < -0.4 is 15.4 Å². The molecule has 1 heterocycles. The highest BCUT2D eigenvalue weighted by molar-refractivity contribution is 5.73. The topological polar surface area (TPSA) is 56.8 Å². The van der Waals surface area contributed by atoms with E-state index in [0.717, 1.165) is 30.2 Å². The molecule has 0 saturated carbocycles. The van der Waals surface area contributed by atoms with E-state index in [4.69, 9.17) is 4.74 Å². The van der Waals surface area contributed by atoms with Crippen molar-refractivity contribution in [2.45, 2.75) is 32.2 Å². The third kappa shape index (κ3) is 7.39. The number of urea groups is 1. The van der Waals surface area contributed by atoms with Crippen molar-refractivity contribution < 1.29 is 9.53 Å². The van der Waals surface area contributed by atoms with E-state index in [1.807, 2.05) is 38.4 Å². The van der Waals surface area contributed by atoms with Crippen molar-refractivity contribution >= 4 is 6.03 Å². The van der Waals surface area contributed by atoms with E-state index in [2.05, 4.69) is 27.4 Å². The molecule has 2 N–H and O–H groups in total. The van der Waals surface area contributed by atoms with Gasteiger partial charge in [0.05, 0.1) is 13.2 Å². The number of benzene rings is 1. The first kappa shape index (κ1) is 21.5. The molecule has 0 spiro atoms. The molecule has 1 atom stereocenters. The molecule has 1 fully saturated rings. The van der Waals surface area contributed by atoms with Crippen molar-refractivity contribution in [1.29, 1.82) is 0 Å². The van der Waals surface area contributed by atoms with Crippen molar-refractivity contribution in [2.24, 2.45) is 5.92 Å². The number of carbonyl (C=O) groups is 1. The maximum absolute atomic E-state index is 12.1. The van der Waals surface area contributed by atoms with Crippen molar-refractivity contribution in [1.82, 2.24) is 20.4 Å². The normalized spacial score (nSPS) is 16.9. The van der Waals surface area contributed by atoms with Crippen LogP contribution in [-0.2, 0) is 0 Å². The van der Waals surface area contributed by atoms with Crippen LogP contribution in [0, 0.1) is 5.92 Å². The van der Waals surface area contributed by atoms with Gasteiger partial charge < -0.3 is 25.2 Å². The number of methoxy groups -OCH3 is 1. The molecular weight excluding hydrogens is 340 g/mol. The van der Waals surface area contributed by atoms with Crippen LogP contribution in [0.4, 0.5) is 4.79 Å². The Bertz CT molecular complexity index is 554. The third-order valence-electron chi connectivity index (χ3n) is 5.39. The fourth-order valence-electron chi connectivity index (χ4n) is 3.47. The SMILES string of the molecule is COc1ccc(C(CNC(=O)NCCCN2CCC(C)CC2)N(C)C)cc1. The van der Waals surface area contributed by atoms with Gasteiger partial charge >= 0.3 is 6.03 Å². The van der Waals surface area contributed by atoms with Gasteiger partial charge in [0.1, 0.15) is 5.75 Å². The molecular formula is C21H36N4O2. The molecule has 6 heteroatoms. The van der Waals surface area contributed by atoms with Crippen molar-refractivity contribution in [2.75, 3.05) is 53.9 Å². The Morgan fingerprint density at radius 3 is 2.48 bits per heavy atom. The van der Waals surface area contributed by atoms with Crippen LogP contribution in [-0.4, -0.2) is 69.8 Å². The van der Waals surface area contributed by atoms with Crippen LogP contribution in [0.1, 0.15) is 37.8 Å². The quantitative estimate of drug-likeness (QED) is 0.651. The van der Waals surface area contributed by atoms with Crippen LogP contribution in [0.3, 0.4) is 0 Å². The fraction of sp³-hybridized carbons (Fsp3) is 0.667. The highest BCUT2D eigenvalue weighted by Gasteiger charge is 2.16. The van der Waals surface area contributed by atoms with E-state index >= 15 is 0 Å². The minimum Gasteiger partial charge on any atom is -0.497 e. The fourth-order valence-corrected chi connectivity index (χ4v) is 3.47. The Hall–Kier alpha value is -1.79. The standard InChI is InChI=1S/C21H36N4O2/c1-17-10-14-25(15-11-17)13-5-12-22-21(26)23-16-20(24(2)3)18-6-8-19(27-4)9-7-18/h6-9,17,20H,5,10-16H2,1-4H3,(H2,22,23,26). The number of hydrogen-bond donors (Lipinski definition) is 2. The molecule has 0 bridgehead atoms. The second-order valence-electron chi connectivity index (χ2n) is 7.77. The number of piperidine rings is 1. The van der Waals surface area contributed by atoms with E-state index in [9.17, 15) is 4.79 Å². The summed E-state index contributed by atoms with van der Waals surface area (Å²) < 4.78 is 5.21. The summed E-state index contributed by atoms with van der Waals surface area (Å²) >= 11 is 0. The van der Waals surface area contributed by atoms with E-state index in [1.54, 1.807) is 7.11 Å². The minimum atomic E-state index is -0.0948. The molecule has 1 aliphatic heterocycles.